The first-order valence-corrected chi connectivity index (χ1v) is 20.5. The number of ether oxygens (including phenoxy) is 4. The van der Waals surface area contributed by atoms with E-state index in [0.717, 1.165) is 40.7 Å². The van der Waals surface area contributed by atoms with Crippen LogP contribution in [0.2, 0.25) is 10.0 Å². The lowest BCUT2D eigenvalue weighted by Crippen LogP contribution is -2.44. The maximum atomic E-state index is 12.1. The number of piperidine rings is 1. The molecule has 4 aromatic carbocycles. The van der Waals surface area contributed by atoms with Gasteiger partial charge in [-0.15, -0.1) is 0 Å². The van der Waals surface area contributed by atoms with E-state index in [-0.39, 0.29) is 33.0 Å². The van der Waals surface area contributed by atoms with Crippen LogP contribution in [-0.4, -0.2) is 43.6 Å². The standard InChI is InChI=1S/C48H41Cl2N5O7/c49-41-15-39(25-55-10-2-1-9-43(55)48(57)58)44(59-29-35-11-33(19-51)21-53-23-35)17-46(41)61-27-31-5-3-7-37(13-31)38-8-4-6-32(14-38)28-62-47-18-45(40(26-56)16-42(47)50)60-30-36-12-34(20-52)22-54-24-36/h3-8,11-18,21-24,43,56H,1-2,9-10,25-30H2,(H,57,58)/t43-/m0/s1. The summed E-state index contributed by atoms with van der Waals surface area (Å²) < 4.78 is 24.7. The molecule has 0 amide bonds. The van der Waals surface area contributed by atoms with Gasteiger partial charge in [-0.2, -0.15) is 10.5 Å². The monoisotopic (exact) mass is 869 g/mol. The lowest BCUT2D eigenvalue weighted by Gasteiger charge is -2.33. The molecular formula is C48H41Cl2N5O7. The third kappa shape index (κ3) is 11.2. The average Bonchev–Trinajstić information content (AvgIpc) is 3.30. The Morgan fingerprint density at radius 1 is 0.661 bits per heavy atom. The maximum Gasteiger partial charge on any atom is 0.320 e. The van der Waals surface area contributed by atoms with E-state index >= 15 is 0 Å². The molecule has 1 atom stereocenters. The molecule has 0 radical (unpaired) electrons. The topological polar surface area (TPSA) is 171 Å². The first-order valence-electron chi connectivity index (χ1n) is 19.8. The quantitative estimate of drug-likeness (QED) is 0.0891. The number of benzene rings is 4. The Morgan fingerprint density at radius 2 is 1.16 bits per heavy atom. The van der Waals surface area contributed by atoms with Crippen molar-refractivity contribution in [3.05, 3.63) is 164 Å². The zero-order chi connectivity index (χ0) is 43.4. The minimum Gasteiger partial charge on any atom is -0.488 e. The number of aliphatic hydroxyl groups excluding tert-OH is 1. The van der Waals surface area contributed by atoms with Crippen molar-refractivity contribution in [1.29, 1.82) is 10.5 Å². The van der Waals surface area contributed by atoms with Gasteiger partial charge in [-0.05, 0) is 78.0 Å². The van der Waals surface area contributed by atoms with Crippen LogP contribution >= 0.6 is 23.2 Å². The van der Waals surface area contributed by atoms with E-state index in [9.17, 15) is 25.5 Å². The van der Waals surface area contributed by atoms with Crippen molar-refractivity contribution in [3.8, 4) is 46.3 Å². The molecule has 0 aliphatic carbocycles. The van der Waals surface area contributed by atoms with E-state index in [0.29, 0.717) is 80.4 Å². The van der Waals surface area contributed by atoms with Crippen molar-refractivity contribution >= 4 is 29.2 Å². The molecule has 1 aliphatic heterocycles. The molecule has 0 unspecified atom stereocenters. The van der Waals surface area contributed by atoms with E-state index in [1.54, 1.807) is 48.8 Å². The number of carbonyl (C=O) groups is 1. The first-order chi connectivity index (χ1) is 30.2. The van der Waals surface area contributed by atoms with Crippen molar-refractivity contribution in [2.24, 2.45) is 0 Å². The van der Waals surface area contributed by atoms with Crippen molar-refractivity contribution in [2.45, 2.75) is 64.9 Å². The molecule has 3 heterocycles. The second-order valence-electron chi connectivity index (χ2n) is 14.7. The summed E-state index contributed by atoms with van der Waals surface area (Å²) >= 11 is 13.4. The fourth-order valence-corrected chi connectivity index (χ4v) is 7.63. The van der Waals surface area contributed by atoms with Gasteiger partial charge in [0.25, 0.3) is 0 Å². The van der Waals surface area contributed by atoms with Gasteiger partial charge >= 0.3 is 5.97 Å². The lowest BCUT2D eigenvalue weighted by molar-refractivity contribution is -0.144. The van der Waals surface area contributed by atoms with Gasteiger partial charge in [0.15, 0.2) is 0 Å². The molecule has 314 valence electrons. The van der Waals surface area contributed by atoms with Gasteiger partial charge in [-0.1, -0.05) is 66.0 Å². The first kappa shape index (κ1) is 43.4. The molecule has 0 bridgehead atoms. The number of halogens is 2. The maximum absolute atomic E-state index is 12.1. The minimum atomic E-state index is -0.856. The molecule has 2 aromatic heterocycles. The molecule has 1 fully saturated rings. The molecule has 6 aromatic rings. The smallest absolute Gasteiger partial charge is 0.320 e. The number of carboxylic acids is 1. The summed E-state index contributed by atoms with van der Waals surface area (Å²) in [6, 6.07) is 29.6. The van der Waals surface area contributed by atoms with Crippen LogP contribution < -0.4 is 18.9 Å². The Morgan fingerprint density at radius 3 is 1.68 bits per heavy atom. The van der Waals surface area contributed by atoms with Gasteiger partial charge in [-0.25, -0.2) is 0 Å². The average molecular weight is 871 g/mol. The van der Waals surface area contributed by atoms with Crippen LogP contribution in [0.25, 0.3) is 11.1 Å². The van der Waals surface area contributed by atoms with E-state index in [1.165, 1.54) is 12.4 Å². The van der Waals surface area contributed by atoms with Crippen LogP contribution in [0.1, 0.15) is 63.8 Å². The summed E-state index contributed by atoms with van der Waals surface area (Å²) in [6.45, 7) is 1.33. The largest absolute Gasteiger partial charge is 0.488 e. The molecule has 1 saturated heterocycles. The second kappa shape index (κ2) is 20.7. The van der Waals surface area contributed by atoms with Crippen LogP contribution in [0.4, 0.5) is 0 Å². The highest BCUT2D eigenvalue weighted by molar-refractivity contribution is 6.32. The molecule has 12 nitrogen and oxygen atoms in total. The van der Waals surface area contributed by atoms with E-state index in [4.69, 9.17) is 42.1 Å². The summed E-state index contributed by atoms with van der Waals surface area (Å²) in [7, 11) is 0. The Hall–Kier alpha value is -6.67. The highest BCUT2D eigenvalue weighted by Gasteiger charge is 2.29. The predicted molar refractivity (Wildman–Crippen MR) is 232 cm³/mol. The van der Waals surface area contributed by atoms with Gasteiger partial charge in [0.2, 0.25) is 0 Å². The van der Waals surface area contributed by atoms with Gasteiger partial charge in [0, 0.05) is 65.7 Å². The fraction of sp³-hybridized carbons (Fsp3) is 0.229. The Bertz CT molecular complexity index is 2650. The number of carboxylic acid groups (broad SMARTS) is 1. The number of hydrogen-bond acceptors (Lipinski definition) is 11. The Labute approximate surface area is 369 Å². The van der Waals surface area contributed by atoms with Gasteiger partial charge < -0.3 is 29.2 Å². The van der Waals surface area contributed by atoms with Gasteiger partial charge in [0.1, 0.15) is 67.6 Å². The normalized spacial score (nSPS) is 13.7. The number of aromatic nitrogens is 2. The molecule has 0 spiro atoms. The Kier molecular flexibility index (Phi) is 14.5. The van der Waals surface area contributed by atoms with E-state index in [2.05, 4.69) is 22.1 Å². The van der Waals surface area contributed by atoms with Crippen LogP contribution in [0, 0.1) is 22.7 Å². The van der Waals surface area contributed by atoms with Gasteiger partial charge in [0.05, 0.1) is 27.8 Å². The second-order valence-corrected chi connectivity index (χ2v) is 15.5. The molecule has 14 heteroatoms. The third-order valence-electron chi connectivity index (χ3n) is 10.3. The minimum absolute atomic E-state index is 0.127. The predicted octanol–water partition coefficient (Wildman–Crippen LogP) is 9.44. The van der Waals surface area contributed by atoms with Crippen LogP contribution in [0.5, 0.6) is 23.0 Å². The highest BCUT2D eigenvalue weighted by Crippen LogP contribution is 2.37. The number of hydrogen-bond donors (Lipinski definition) is 2. The summed E-state index contributed by atoms with van der Waals surface area (Å²) in [5.74, 6) is 0.814. The number of nitrogens with zero attached hydrogens (tertiary/aromatic N) is 5. The number of aliphatic carboxylic acids is 1. The van der Waals surface area contributed by atoms with Gasteiger partial charge in [-0.3, -0.25) is 19.7 Å². The third-order valence-corrected chi connectivity index (χ3v) is 10.9. The number of pyridine rings is 2. The summed E-state index contributed by atoms with van der Waals surface area (Å²) in [5, 5.41) is 39.1. The van der Waals surface area contributed by atoms with Crippen molar-refractivity contribution in [2.75, 3.05) is 6.54 Å². The molecular weight excluding hydrogens is 829 g/mol. The van der Waals surface area contributed by atoms with Crippen molar-refractivity contribution < 1.29 is 34.0 Å². The summed E-state index contributed by atoms with van der Waals surface area (Å²) in [4.78, 5) is 22.2. The van der Waals surface area contributed by atoms with E-state index in [1.807, 2.05) is 53.4 Å². The zero-order valence-electron chi connectivity index (χ0n) is 33.5. The molecule has 1 aliphatic rings. The Balaban J connectivity index is 1.04. The summed E-state index contributed by atoms with van der Waals surface area (Å²) in [6.07, 6.45) is 8.51. The lowest BCUT2D eigenvalue weighted by atomic mass is 10.0. The van der Waals surface area contributed by atoms with Crippen molar-refractivity contribution in [3.63, 3.8) is 0 Å². The molecule has 2 N–H and O–H groups in total. The number of aliphatic hydroxyl groups is 1. The van der Waals surface area contributed by atoms with Crippen LogP contribution in [0.15, 0.2) is 110 Å². The van der Waals surface area contributed by atoms with Crippen LogP contribution in [-0.2, 0) is 44.4 Å². The number of likely N-dealkylation sites (tertiary alicyclic amines) is 1. The highest BCUT2D eigenvalue weighted by atomic mass is 35.5. The molecule has 62 heavy (non-hydrogen) atoms. The van der Waals surface area contributed by atoms with Crippen molar-refractivity contribution in [1.82, 2.24) is 14.9 Å². The number of nitriles is 2. The van der Waals surface area contributed by atoms with Crippen LogP contribution in [0.3, 0.4) is 0 Å². The number of rotatable bonds is 17. The van der Waals surface area contributed by atoms with E-state index < -0.39 is 12.0 Å². The fourth-order valence-electron chi connectivity index (χ4n) is 7.15. The molecule has 7 rings (SSSR count). The SMILES string of the molecule is N#Cc1cncc(COc2cc(OCc3cccc(-c4cccc(COc5cc(OCc6cncc(C#N)c6)c(CN6CCCC[C@H]6C(=O)O)cc5Cl)c4)c3)c(Cl)cc2CO)c1. The summed E-state index contributed by atoms with van der Waals surface area (Å²) in [5.41, 5.74) is 7.14. The molecule has 0 saturated carbocycles. The zero-order valence-corrected chi connectivity index (χ0v) is 35.0.